The molecule has 0 aliphatic carbocycles. The van der Waals surface area contributed by atoms with Crippen LogP contribution in [-0.2, 0) is 6.30 Å². The number of alkyl halides is 3. The van der Waals surface area contributed by atoms with Gasteiger partial charge in [-0.25, -0.2) is 4.98 Å². The first kappa shape index (κ1) is 20.1. The molecule has 0 bridgehead atoms. The Morgan fingerprint density at radius 3 is 2.62 bits per heavy atom. The fraction of sp³-hybridized carbons (Fsp3) is 0.412. The Kier molecular flexibility index (Phi) is 6.16. The summed E-state index contributed by atoms with van der Waals surface area (Å²) in [6.07, 6.45) is -3.10. The molecule has 2 heterocycles. The van der Waals surface area contributed by atoms with Crippen LogP contribution in [0.5, 0.6) is 0 Å². The van der Waals surface area contributed by atoms with E-state index in [9.17, 15) is 18.3 Å². The Balaban J connectivity index is 2.34. The van der Waals surface area contributed by atoms with Crippen molar-refractivity contribution < 1.29 is 18.3 Å². The summed E-state index contributed by atoms with van der Waals surface area (Å²) in [4.78, 5) is 3.96. The van der Waals surface area contributed by atoms with Gasteiger partial charge in [-0.15, -0.1) is 13.2 Å². The lowest BCUT2D eigenvalue weighted by molar-refractivity contribution is -0.213. The van der Waals surface area contributed by atoms with E-state index in [1.807, 2.05) is 0 Å². The van der Waals surface area contributed by atoms with E-state index >= 15 is 0 Å². The number of nitrogens with one attached hydrogen (secondary N) is 1. The van der Waals surface area contributed by atoms with Crippen LogP contribution in [0.2, 0.25) is 5.15 Å². The average molecular weight is 387 g/mol. The summed E-state index contributed by atoms with van der Waals surface area (Å²) in [5.41, 5.74) is 1.41. The predicted octanol–water partition coefficient (Wildman–Crippen LogP) is 3.61. The van der Waals surface area contributed by atoms with E-state index in [4.69, 9.17) is 11.6 Å². The van der Waals surface area contributed by atoms with Gasteiger partial charge in [0, 0.05) is 12.7 Å². The van der Waals surface area contributed by atoms with Crippen LogP contribution < -0.4 is 5.32 Å². The van der Waals surface area contributed by atoms with Crippen LogP contribution in [0.3, 0.4) is 0 Å². The molecule has 0 aliphatic rings. The van der Waals surface area contributed by atoms with Crippen LogP contribution in [-0.4, -0.2) is 32.5 Å². The molecule has 26 heavy (non-hydrogen) atoms. The summed E-state index contributed by atoms with van der Waals surface area (Å²) in [5, 5.41) is 16.2. The lowest BCUT2D eigenvalue weighted by Gasteiger charge is -2.10. The van der Waals surface area contributed by atoms with Crippen LogP contribution >= 0.6 is 11.6 Å². The number of aromatic nitrogens is 3. The van der Waals surface area contributed by atoms with Gasteiger partial charge in [0.1, 0.15) is 5.15 Å². The molecule has 0 spiro atoms. The Morgan fingerprint density at radius 2 is 2.04 bits per heavy atom. The number of aliphatic hydroxyl groups is 1. The third-order valence-electron chi connectivity index (χ3n) is 3.60. The Bertz CT molecular complexity index is 850. The number of nitrogens with zero attached hydrogens (tertiary/aromatic N) is 3. The molecule has 0 unspecified atom stereocenters. The lowest BCUT2D eigenvalue weighted by atomic mass is 10.1. The lowest BCUT2D eigenvalue weighted by Crippen LogP contribution is -2.19. The normalized spacial score (nSPS) is 12.5. The molecule has 0 aromatic carbocycles. The molecule has 9 heteroatoms. The maximum atomic E-state index is 12.9. The number of aliphatic hydroxyl groups excluding tert-OH is 1. The predicted molar refractivity (Wildman–Crippen MR) is 93.0 cm³/mol. The Hall–Kier alpha value is -2.24. The van der Waals surface area contributed by atoms with Gasteiger partial charge in [-0.3, -0.25) is 0 Å². The van der Waals surface area contributed by atoms with Gasteiger partial charge < -0.3 is 10.4 Å². The van der Waals surface area contributed by atoms with Gasteiger partial charge >= 0.3 is 6.30 Å². The summed E-state index contributed by atoms with van der Waals surface area (Å²) in [6.45, 7) is 4.95. The van der Waals surface area contributed by atoms with Gasteiger partial charge in [0.2, 0.25) is 0 Å². The molecular weight excluding hydrogens is 369 g/mol. The molecule has 140 valence electrons. The molecule has 0 amide bonds. The quantitative estimate of drug-likeness (QED) is 0.622. The molecule has 0 saturated heterocycles. The first-order chi connectivity index (χ1) is 12.1. The summed E-state index contributed by atoms with van der Waals surface area (Å²) in [7, 11) is 0. The highest BCUT2D eigenvalue weighted by Crippen LogP contribution is 2.26. The topological polar surface area (TPSA) is 63.0 Å². The molecule has 2 N–H and O–H groups in total. The average Bonchev–Trinajstić information content (AvgIpc) is 2.81. The summed E-state index contributed by atoms with van der Waals surface area (Å²) in [5.74, 6) is 5.57. The van der Waals surface area contributed by atoms with E-state index in [2.05, 4.69) is 27.2 Å². The van der Waals surface area contributed by atoms with Crippen molar-refractivity contribution in [3.05, 3.63) is 39.9 Å². The van der Waals surface area contributed by atoms with E-state index in [-0.39, 0.29) is 26.8 Å². The van der Waals surface area contributed by atoms with Crippen LogP contribution in [0.15, 0.2) is 12.3 Å². The second-order valence-corrected chi connectivity index (χ2v) is 6.18. The molecule has 2 aromatic rings. The number of pyridine rings is 1. The molecule has 5 nitrogen and oxygen atoms in total. The van der Waals surface area contributed by atoms with Crippen molar-refractivity contribution >= 4 is 17.3 Å². The molecule has 0 saturated carbocycles. The molecule has 0 radical (unpaired) electrons. The summed E-state index contributed by atoms with van der Waals surface area (Å²) >= 11 is 5.89. The molecular formula is C17H18ClF3N4O. The van der Waals surface area contributed by atoms with Crippen molar-refractivity contribution in [2.24, 2.45) is 0 Å². The smallest absolute Gasteiger partial charge is 0.393 e. The maximum absolute atomic E-state index is 12.9. The van der Waals surface area contributed by atoms with Crippen LogP contribution in [0, 0.1) is 25.7 Å². The number of rotatable bonds is 4. The van der Waals surface area contributed by atoms with Gasteiger partial charge in [0.15, 0.2) is 0 Å². The van der Waals surface area contributed by atoms with Crippen molar-refractivity contribution in [2.45, 2.75) is 39.6 Å². The number of hydrogen-bond acceptors (Lipinski definition) is 4. The van der Waals surface area contributed by atoms with E-state index in [0.717, 1.165) is 0 Å². The molecule has 0 fully saturated rings. The second kappa shape index (κ2) is 7.98. The molecule has 2 rings (SSSR count). The Morgan fingerprint density at radius 1 is 1.35 bits per heavy atom. The van der Waals surface area contributed by atoms with E-state index < -0.39 is 12.4 Å². The minimum absolute atomic E-state index is 0.00819. The van der Waals surface area contributed by atoms with Gasteiger partial charge in [-0.05, 0) is 33.3 Å². The van der Waals surface area contributed by atoms with E-state index in [1.165, 1.54) is 20.0 Å². The van der Waals surface area contributed by atoms with E-state index in [0.29, 0.717) is 24.2 Å². The SMILES string of the molecule is Cc1nn(C(F)(F)F)c(C)c1C#Cc1cnc(Cl)cc1NCC[C@@H](C)O. The number of halogens is 4. The number of hydrogen-bond donors (Lipinski definition) is 2. The van der Waals surface area contributed by atoms with Crippen LogP contribution in [0.25, 0.3) is 0 Å². The van der Waals surface area contributed by atoms with E-state index in [1.54, 1.807) is 13.0 Å². The van der Waals surface area contributed by atoms with Crippen molar-refractivity contribution in [3.8, 4) is 11.8 Å². The van der Waals surface area contributed by atoms with Gasteiger partial charge in [-0.1, -0.05) is 23.4 Å². The minimum atomic E-state index is -4.59. The zero-order valence-corrected chi connectivity index (χ0v) is 15.2. The first-order valence-corrected chi connectivity index (χ1v) is 8.20. The zero-order chi connectivity index (χ0) is 19.5. The third kappa shape index (κ3) is 4.90. The number of aryl methyl sites for hydroxylation is 1. The van der Waals surface area contributed by atoms with Crippen LogP contribution in [0.4, 0.5) is 18.9 Å². The van der Waals surface area contributed by atoms with Crippen molar-refractivity contribution in [2.75, 3.05) is 11.9 Å². The molecule has 1 atom stereocenters. The monoisotopic (exact) mass is 386 g/mol. The van der Waals surface area contributed by atoms with Gasteiger partial charge in [0.25, 0.3) is 0 Å². The van der Waals surface area contributed by atoms with Crippen molar-refractivity contribution in [1.29, 1.82) is 0 Å². The second-order valence-electron chi connectivity index (χ2n) is 5.79. The fourth-order valence-electron chi connectivity index (χ4n) is 2.29. The Labute approximate surface area is 154 Å². The van der Waals surface area contributed by atoms with Crippen molar-refractivity contribution in [3.63, 3.8) is 0 Å². The summed E-state index contributed by atoms with van der Waals surface area (Å²) < 4.78 is 38.8. The van der Waals surface area contributed by atoms with Gasteiger partial charge in [-0.2, -0.15) is 9.78 Å². The van der Waals surface area contributed by atoms with Gasteiger partial charge in [0.05, 0.1) is 34.3 Å². The van der Waals surface area contributed by atoms with Crippen molar-refractivity contribution in [1.82, 2.24) is 14.8 Å². The maximum Gasteiger partial charge on any atom is 0.504 e. The largest absolute Gasteiger partial charge is 0.504 e. The molecule has 2 aromatic heterocycles. The minimum Gasteiger partial charge on any atom is -0.393 e. The highest BCUT2D eigenvalue weighted by Gasteiger charge is 2.34. The highest BCUT2D eigenvalue weighted by atomic mass is 35.5. The number of anilines is 1. The first-order valence-electron chi connectivity index (χ1n) is 7.82. The molecule has 0 aliphatic heterocycles. The zero-order valence-electron chi connectivity index (χ0n) is 14.4. The van der Waals surface area contributed by atoms with Crippen LogP contribution in [0.1, 0.15) is 35.9 Å². The highest BCUT2D eigenvalue weighted by molar-refractivity contribution is 6.29. The fourth-order valence-corrected chi connectivity index (χ4v) is 2.45. The summed E-state index contributed by atoms with van der Waals surface area (Å²) in [6, 6.07) is 1.58. The third-order valence-corrected chi connectivity index (χ3v) is 3.81. The standard InChI is InChI=1S/C17H18ClF3N4O/c1-10(26)6-7-22-15-8-16(18)23-9-13(15)4-5-14-11(2)24-25(12(14)3)17(19,20)21/h8-10,26H,6-7H2,1-3H3,(H,22,23)/t10-/m1/s1.